The summed E-state index contributed by atoms with van der Waals surface area (Å²) in [4.78, 5) is 11.8. The van der Waals surface area contributed by atoms with E-state index in [-0.39, 0.29) is 12.0 Å². The fourth-order valence-corrected chi connectivity index (χ4v) is 2.00. The van der Waals surface area contributed by atoms with Crippen molar-refractivity contribution in [2.45, 2.75) is 45.6 Å². The van der Waals surface area contributed by atoms with Crippen LogP contribution in [0, 0.1) is 0 Å². The lowest BCUT2D eigenvalue weighted by Crippen LogP contribution is -2.15. The Morgan fingerprint density at radius 3 is 2.81 bits per heavy atom. The van der Waals surface area contributed by atoms with E-state index in [0.717, 1.165) is 12.8 Å². The van der Waals surface area contributed by atoms with Crippen molar-refractivity contribution in [1.29, 1.82) is 0 Å². The number of anilines is 2. The highest BCUT2D eigenvalue weighted by molar-refractivity contribution is 5.93. The zero-order valence-corrected chi connectivity index (χ0v) is 13.1. The molecular weight excluding hydrogens is 268 g/mol. The van der Waals surface area contributed by atoms with Gasteiger partial charge in [-0.2, -0.15) is 0 Å². The molecule has 0 spiro atoms. The van der Waals surface area contributed by atoms with Crippen molar-refractivity contribution in [2.75, 3.05) is 24.8 Å². The van der Waals surface area contributed by atoms with E-state index < -0.39 is 0 Å². The minimum atomic E-state index is -0.0568. The largest absolute Gasteiger partial charge is 0.497 e. The van der Waals surface area contributed by atoms with Crippen molar-refractivity contribution in [1.82, 2.24) is 0 Å². The lowest BCUT2D eigenvalue weighted by atomic mass is 10.2. The Morgan fingerprint density at radius 1 is 1.43 bits per heavy atom. The van der Waals surface area contributed by atoms with Crippen LogP contribution in [0.4, 0.5) is 11.4 Å². The molecule has 5 heteroatoms. The maximum absolute atomic E-state index is 11.8. The molecule has 0 bridgehead atoms. The third-order valence-corrected chi connectivity index (χ3v) is 3.18. The van der Waals surface area contributed by atoms with E-state index in [1.807, 2.05) is 0 Å². The molecule has 0 aliphatic heterocycles. The highest BCUT2D eigenvalue weighted by Crippen LogP contribution is 2.24. The molecule has 118 valence electrons. The first-order valence-electron chi connectivity index (χ1n) is 7.41. The number of nitrogen functional groups attached to an aromatic ring is 1. The predicted molar refractivity (Wildman–Crippen MR) is 85.6 cm³/mol. The fraction of sp³-hybridized carbons (Fsp3) is 0.562. The summed E-state index contributed by atoms with van der Waals surface area (Å²) in [6.45, 7) is 4.79. The van der Waals surface area contributed by atoms with E-state index in [4.69, 9.17) is 15.2 Å². The number of hydrogen-bond acceptors (Lipinski definition) is 4. The van der Waals surface area contributed by atoms with Crippen LogP contribution in [-0.4, -0.2) is 25.7 Å². The average molecular weight is 294 g/mol. The second-order valence-corrected chi connectivity index (χ2v) is 5.07. The van der Waals surface area contributed by atoms with Gasteiger partial charge >= 0.3 is 0 Å². The molecule has 0 heterocycles. The van der Waals surface area contributed by atoms with Gasteiger partial charge in [-0.05, 0) is 31.9 Å². The van der Waals surface area contributed by atoms with Crippen LogP contribution < -0.4 is 15.8 Å². The number of benzene rings is 1. The summed E-state index contributed by atoms with van der Waals surface area (Å²) in [6.07, 6.45) is 3.54. The van der Waals surface area contributed by atoms with Crippen LogP contribution in [0.3, 0.4) is 0 Å². The quantitative estimate of drug-likeness (QED) is 0.542. The van der Waals surface area contributed by atoms with Gasteiger partial charge < -0.3 is 20.5 Å². The van der Waals surface area contributed by atoms with Crippen LogP contribution in [0.1, 0.15) is 39.5 Å². The van der Waals surface area contributed by atoms with Crippen molar-refractivity contribution in [2.24, 2.45) is 0 Å². The van der Waals surface area contributed by atoms with Crippen LogP contribution >= 0.6 is 0 Å². The van der Waals surface area contributed by atoms with Gasteiger partial charge in [0.2, 0.25) is 5.91 Å². The van der Waals surface area contributed by atoms with Gasteiger partial charge in [0, 0.05) is 19.1 Å². The summed E-state index contributed by atoms with van der Waals surface area (Å²) >= 11 is 0. The summed E-state index contributed by atoms with van der Waals surface area (Å²) in [5.74, 6) is 0.613. The summed E-state index contributed by atoms with van der Waals surface area (Å²) in [6, 6.07) is 5.19. The fourth-order valence-electron chi connectivity index (χ4n) is 2.00. The van der Waals surface area contributed by atoms with Gasteiger partial charge in [-0.3, -0.25) is 4.79 Å². The van der Waals surface area contributed by atoms with Crippen LogP contribution in [0.25, 0.3) is 0 Å². The zero-order valence-electron chi connectivity index (χ0n) is 13.1. The van der Waals surface area contributed by atoms with Crippen LogP contribution in [0.5, 0.6) is 5.75 Å². The van der Waals surface area contributed by atoms with Crippen LogP contribution in [0.2, 0.25) is 0 Å². The van der Waals surface area contributed by atoms with Crippen molar-refractivity contribution in [3.05, 3.63) is 18.2 Å². The Bertz CT molecular complexity index is 449. The van der Waals surface area contributed by atoms with Crippen molar-refractivity contribution in [3.8, 4) is 5.75 Å². The van der Waals surface area contributed by atoms with Crippen LogP contribution in [0.15, 0.2) is 18.2 Å². The van der Waals surface area contributed by atoms with Gasteiger partial charge in [0.1, 0.15) is 5.75 Å². The van der Waals surface area contributed by atoms with Gasteiger partial charge in [-0.25, -0.2) is 0 Å². The number of ether oxygens (including phenoxy) is 2. The summed E-state index contributed by atoms with van der Waals surface area (Å²) in [7, 11) is 1.58. The lowest BCUT2D eigenvalue weighted by Gasteiger charge is -2.12. The average Bonchev–Trinajstić information content (AvgIpc) is 2.46. The Hall–Kier alpha value is -1.75. The van der Waals surface area contributed by atoms with Crippen molar-refractivity contribution >= 4 is 17.3 Å². The summed E-state index contributed by atoms with van der Waals surface area (Å²) in [5, 5.41) is 2.80. The number of nitrogens with two attached hydrogens (primary N) is 1. The molecule has 3 N–H and O–H groups in total. The monoisotopic (exact) mass is 294 g/mol. The number of carbonyl (C=O) groups excluding carboxylic acids is 1. The topological polar surface area (TPSA) is 73.6 Å². The molecule has 1 rings (SSSR count). The molecule has 1 aromatic carbocycles. The highest BCUT2D eigenvalue weighted by Gasteiger charge is 2.07. The minimum absolute atomic E-state index is 0.0568. The first-order valence-corrected chi connectivity index (χ1v) is 7.41. The summed E-state index contributed by atoms with van der Waals surface area (Å²) in [5.41, 5.74) is 6.96. The molecule has 0 aromatic heterocycles. The molecule has 0 radical (unpaired) electrons. The maximum atomic E-state index is 11.8. The Labute approximate surface area is 126 Å². The first-order chi connectivity index (χ1) is 10.1. The highest BCUT2D eigenvalue weighted by atomic mass is 16.5. The second-order valence-electron chi connectivity index (χ2n) is 5.07. The molecule has 1 atom stereocenters. The Morgan fingerprint density at radius 2 is 2.19 bits per heavy atom. The molecule has 0 saturated carbocycles. The molecule has 5 nitrogen and oxygen atoms in total. The molecule has 1 amide bonds. The minimum Gasteiger partial charge on any atom is -0.497 e. The molecule has 21 heavy (non-hydrogen) atoms. The number of methoxy groups -OCH3 is 1. The molecule has 0 aliphatic carbocycles. The number of carbonyl (C=O) groups is 1. The summed E-state index contributed by atoms with van der Waals surface area (Å²) < 4.78 is 10.7. The van der Waals surface area contributed by atoms with E-state index >= 15 is 0 Å². The lowest BCUT2D eigenvalue weighted by molar-refractivity contribution is -0.116. The van der Waals surface area contributed by atoms with E-state index in [1.165, 1.54) is 0 Å². The van der Waals surface area contributed by atoms with E-state index in [2.05, 4.69) is 19.2 Å². The SMILES string of the molecule is CCCC(C)OCCCC(=O)Nc1ccc(OC)cc1N. The normalized spacial score (nSPS) is 12.0. The van der Waals surface area contributed by atoms with Gasteiger partial charge in [-0.15, -0.1) is 0 Å². The number of rotatable bonds is 9. The Kier molecular flexibility index (Phi) is 7.61. The van der Waals surface area contributed by atoms with E-state index in [0.29, 0.717) is 36.6 Å². The smallest absolute Gasteiger partial charge is 0.224 e. The number of nitrogens with one attached hydrogen (secondary N) is 1. The second kappa shape index (κ2) is 9.23. The molecule has 0 fully saturated rings. The standard InChI is InChI=1S/C16H26N2O3/c1-4-6-12(2)21-10-5-7-16(19)18-15-9-8-13(20-3)11-14(15)17/h8-9,11-12H,4-7,10,17H2,1-3H3,(H,18,19). The maximum Gasteiger partial charge on any atom is 0.224 e. The Balaban J connectivity index is 2.31. The molecule has 0 saturated heterocycles. The van der Waals surface area contributed by atoms with Gasteiger partial charge in [0.05, 0.1) is 24.6 Å². The number of hydrogen-bond donors (Lipinski definition) is 2. The molecule has 1 aromatic rings. The van der Waals surface area contributed by atoms with E-state index in [1.54, 1.807) is 25.3 Å². The molecule has 0 aliphatic rings. The van der Waals surface area contributed by atoms with Gasteiger partial charge in [-0.1, -0.05) is 13.3 Å². The molecular formula is C16H26N2O3. The number of amides is 1. The van der Waals surface area contributed by atoms with Crippen molar-refractivity contribution in [3.63, 3.8) is 0 Å². The molecule has 1 unspecified atom stereocenters. The third-order valence-electron chi connectivity index (χ3n) is 3.18. The third kappa shape index (κ3) is 6.49. The zero-order chi connectivity index (χ0) is 15.7. The predicted octanol–water partition coefficient (Wildman–Crippen LogP) is 3.20. The van der Waals surface area contributed by atoms with Crippen molar-refractivity contribution < 1.29 is 14.3 Å². The van der Waals surface area contributed by atoms with Gasteiger partial charge in [0.25, 0.3) is 0 Å². The van der Waals surface area contributed by atoms with Crippen LogP contribution in [-0.2, 0) is 9.53 Å². The van der Waals surface area contributed by atoms with Gasteiger partial charge in [0.15, 0.2) is 0 Å². The van der Waals surface area contributed by atoms with E-state index in [9.17, 15) is 4.79 Å². The first kappa shape index (κ1) is 17.3.